The highest BCUT2D eigenvalue weighted by Crippen LogP contribution is 2.22. The first kappa shape index (κ1) is 21.7. The second kappa shape index (κ2) is 9.24. The molecule has 0 saturated heterocycles. The van der Waals surface area contributed by atoms with Crippen LogP contribution in [0.2, 0.25) is 0 Å². The molecule has 0 aromatic heterocycles. The molecule has 0 fully saturated rings. The summed E-state index contributed by atoms with van der Waals surface area (Å²) in [5, 5.41) is 2.81. The van der Waals surface area contributed by atoms with Crippen LogP contribution >= 0.6 is 0 Å². The maximum atomic E-state index is 13.3. The van der Waals surface area contributed by atoms with Crippen molar-refractivity contribution in [3.63, 3.8) is 0 Å². The predicted octanol–water partition coefficient (Wildman–Crippen LogP) is 4.14. The van der Waals surface area contributed by atoms with E-state index in [1.54, 1.807) is 26.0 Å². The molecule has 0 aliphatic carbocycles. The topological polar surface area (TPSA) is 75.3 Å². The van der Waals surface area contributed by atoms with Crippen LogP contribution in [0.25, 0.3) is 0 Å². The van der Waals surface area contributed by atoms with Crippen molar-refractivity contribution in [1.82, 2.24) is 4.72 Å². The van der Waals surface area contributed by atoms with Gasteiger partial charge in [-0.1, -0.05) is 66.2 Å². The number of carbonyl (C=O) groups excluding carboxylic acids is 1. The van der Waals surface area contributed by atoms with Crippen molar-refractivity contribution in [2.24, 2.45) is 0 Å². The van der Waals surface area contributed by atoms with Gasteiger partial charge >= 0.3 is 0 Å². The number of para-hydroxylation sites is 1. The molecule has 0 aliphatic heterocycles. The monoisotopic (exact) mass is 422 g/mol. The van der Waals surface area contributed by atoms with E-state index in [9.17, 15) is 13.2 Å². The first-order valence-electron chi connectivity index (χ1n) is 9.76. The van der Waals surface area contributed by atoms with E-state index in [2.05, 4.69) is 10.0 Å². The molecule has 3 aromatic carbocycles. The Morgan fingerprint density at radius 2 is 1.40 bits per heavy atom. The highest BCUT2D eigenvalue weighted by atomic mass is 32.2. The number of sulfonamides is 1. The average Bonchev–Trinajstić information content (AvgIpc) is 2.68. The highest BCUT2D eigenvalue weighted by Gasteiger charge is 2.28. The van der Waals surface area contributed by atoms with Gasteiger partial charge in [-0.25, -0.2) is 8.42 Å². The normalized spacial score (nSPS) is 12.4. The van der Waals surface area contributed by atoms with Crippen LogP contribution in [0, 0.1) is 20.8 Å². The number of nitrogens with one attached hydrogen (secondary N) is 2. The molecule has 1 amide bonds. The van der Waals surface area contributed by atoms with Gasteiger partial charge in [0.2, 0.25) is 15.9 Å². The quantitative estimate of drug-likeness (QED) is 0.601. The maximum absolute atomic E-state index is 13.3. The second-order valence-corrected chi connectivity index (χ2v) is 9.10. The maximum Gasteiger partial charge on any atom is 0.242 e. The molecule has 0 unspecified atom stereocenters. The van der Waals surface area contributed by atoms with Crippen LogP contribution < -0.4 is 10.0 Å². The summed E-state index contributed by atoms with van der Waals surface area (Å²) in [6, 6.07) is 21.1. The van der Waals surface area contributed by atoms with Gasteiger partial charge in [-0.05, 0) is 56.0 Å². The number of hydrogen-bond acceptors (Lipinski definition) is 3. The summed E-state index contributed by atoms with van der Waals surface area (Å²) in [6.07, 6.45) is 0.239. The molecule has 0 spiro atoms. The van der Waals surface area contributed by atoms with E-state index >= 15 is 0 Å². The summed E-state index contributed by atoms with van der Waals surface area (Å²) in [7, 11) is -3.91. The van der Waals surface area contributed by atoms with Crippen molar-refractivity contribution in [3.05, 3.63) is 95.1 Å². The SMILES string of the molecule is Cc1cc(C)c(S(=O)(=O)N[C@@H](Cc2ccccc2)C(=O)Nc2ccccc2)c(C)c1. The van der Waals surface area contributed by atoms with Gasteiger partial charge in [-0.3, -0.25) is 4.79 Å². The highest BCUT2D eigenvalue weighted by molar-refractivity contribution is 7.89. The first-order chi connectivity index (χ1) is 14.3. The summed E-state index contributed by atoms with van der Waals surface area (Å²) >= 11 is 0. The summed E-state index contributed by atoms with van der Waals surface area (Å²) in [5.41, 5.74) is 3.78. The van der Waals surface area contributed by atoms with E-state index in [0.717, 1.165) is 11.1 Å². The zero-order valence-corrected chi connectivity index (χ0v) is 18.2. The minimum atomic E-state index is -3.91. The van der Waals surface area contributed by atoms with Crippen LogP contribution in [-0.2, 0) is 21.2 Å². The Kier molecular flexibility index (Phi) is 6.70. The molecule has 30 heavy (non-hydrogen) atoms. The van der Waals surface area contributed by atoms with Crippen molar-refractivity contribution < 1.29 is 13.2 Å². The molecule has 0 radical (unpaired) electrons. The van der Waals surface area contributed by atoms with E-state index in [4.69, 9.17) is 0 Å². The van der Waals surface area contributed by atoms with Gasteiger partial charge in [0.05, 0.1) is 4.90 Å². The van der Waals surface area contributed by atoms with Gasteiger partial charge in [-0.15, -0.1) is 0 Å². The molecule has 156 valence electrons. The van der Waals surface area contributed by atoms with Gasteiger partial charge in [0.15, 0.2) is 0 Å². The van der Waals surface area contributed by atoms with Crippen molar-refractivity contribution in [2.75, 3.05) is 5.32 Å². The Labute approximate surface area is 178 Å². The Hall–Kier alpha value is -2.96. The molecule has 0 saturated carbocycles. The lowest BCUT2D eigenvalue weighted by atomic mass is 10.1. The van der Waals surface area contributed by atoms with Crippen LogP contribution in [0.1, 0.15) is 22.3 Å². The zero-order chi connectivity index (χ0) is 21.7. The van der Waals surface area contributed by atoms with Crippen LogP contribution in [0.5, 0.6) is 0 Å². The number of carbonyl (C=O) groups is 1. The summed E-state index contributed by atoms with van der Waals surface area (Å²) in [4.78, 5) is 13.2. The molecular weight excluding hydrogens is 396 g/mol. The van der Waals surface area contributed by atoms with Crippen molar-refractivity contribution >= 4 is 21.6 Å². The number of rotatable bonds is 7. The fraction of sp³-hybridized carbons (Fsp3) is 0.208. The molecule has 1 atom stereocenters. The molecule has 0 heterocycles. The molecule has 0 bridgehead atoms. The number of aryl methyl sites for hydroxylation is 3. The van der Waals surface area contributed by atoms with E-state index in [1.165, 1.54) is 0 Å². The fourth-order valence-electron chi connectivity index (χ4n) is 3.63. The lowest BCUT2D eigenvalue weighted by Crippen LogP contribution is -2.45. The van der Waals surface area contributed by atoms with E-state index in [0.29, 0.717) is 16.8 Å². The van der Waals surface area contributed by atoms with Crippen LogP contribution in [0.3, 0.4) is 0 Å². The van der Waals surface area contributed by atoms with E-state index < -0.39 is 22.0 Å². The minimum Gasteiger partial charge on any atom is -0.325 e. The number of amides is 1. The standard InChI is InChI=1S/C24H26N2O3S/c1-17-14-18(2)23(19(3)15-17)30(28,29)26-22(16-20-10-6-4-7-11-20)24(27)25-21-12-8-5-9-13-21/h4-15,22,26H,16H2,1-3H3,(H,25,27)/t22-/m0/s1. The molecule has 0 aliphatic rings. The lowest BCUT2D eigenvalue weighted by molar-refractivity contribution is -0.117. The predicted molar refractivity (Wildman–Crippen MR) is 120 cm³/mol. The Bertz CT molecular complexity index is 1100. The number of anilines is 1. The van der Waals surface area contributed by atoms with Crippen molar-refractivity contribution in [3.8, 4) is 0 Å². The molecule has 3 rings (SSSR count). The Morgan fingerprint density at radius 3 is 1.97 bits per heavy atom. The smallest absolute Gasteiger partial charge is 0.242 e. The van der Waals surface area contributed by atoms with Gasteiger partial charge in [0.25, 0.3) is 0 Å². The average molecular weight is 423 g/mol. The van der Waals surface area contributed by atoms with Gasteiger partial charge in [0, 0.05) is 5.69 Å². The first-order valence-corrected chi connectivity index (χ1v) is 11.2. The lowest BCUT2D eigenvalue weighted by Gasteiger charge is -2.20. The Morgan fingerprint density at radius 1 is 0.867 bits per heavy atom. The third-order valence-electron chi connectivity index (χ3n) is 4.81. The number of hydrogen-bond donors (Lipinski definition) is 2. The molecule has 6 heteroatoms. The van der Waals surface area contributed by atoms with Crippen LogP contribution in [0.15, 0.2) is 77.7 Å². The van der Waals surface area contributed by atoms with Gasteiger partial charge in [-0.2, -0.15) is 4.72 Å². The molecule has 5 nitrogen and oxygen atoms in total. The minimum absolute atomic E-state index is 0.221. The van der Waals surface area contributed by atoms with Crippen molar-refractivity contribution in [1.29, 1.82) is 0 Å². The summed E-state index contributed by atoms with van der Waals surface area (Å²) in [5.74, 6) is -0.406. The molecule has 2 N–H and O–H groups in total. The van der Waals surface area contributed by atoms with E-state index in [-0.39, 0.29) is 11.3 Å². The number of benzene rings is 3. The van der Waals surface area contributed by atoms with Crippen LogP contribution in [-0.4, -0.2) is 20.4 Å². The fourth-order valence-corrected chi connectivity index (χ4v) is 5.27. The second-order valence-electron chi connectivity index (χ2n) is 7.45. The summed E-state index contributed by atoms with van der Waals surface area (Å²) in [6.45, 7) is 5.46. The third kappa shape index (κ3) is 5.34. The van der Waals surface area contributed by atoms with Crippen molar-refractivity contribution in [2.45, 2.75) is 38.1 Å². The molecular formula is C24H26N2O3S. The van der Waals surface area contributed by atoms with Crippen LogP contribution in [0.4, 0.5) is 5.69 Å². The van der Waals surface area contributed by atoms with Gasteiger partial charge < -0.3 is 5.32 Å². The Balaban J connectivity index is 1.92. The zero-order valence-electron chi connectivity index (χ0n) is 17.3. The largest absolute Gasteiger partial charge is 0.325 e. The molecule has 3 aromatic rings. The van der Waals surface area contributed by atoms with E-state index in [1.807, 2.05) is 67.6 Å². The summed E-state index contributed by atoms with van der Waals surface area (Å²) < 4.78 is 29.1. The van der Waals surface area contributed by atoms with Gasteiger partial charge in [0.1, 0.15) is 6.04 Å². The third-order valence-corrected chi connectivity index (χ3v) is 6.59.